The molecule has 5 nitrogen and oxygen atoms in total. The molecule has 0 radical (unpaired) electrons. The predicted molar refractivity (Wildman–Crippen MR) is 99.1 cm³/mol. The van der Waals surface area contributed by atoms with Crippen LogP contribution in [0.3, 0.4) is 0 Å². The number of benzene rings is 1. The average molecular weight is 337 g/mol. The molecule has 3 rings (SSSR count). The van der Waals surface area contributed by atoms with Crippen LogP contribution >= 0.6 is 0 Å². The molecule has 0 saturated carbocycles. The van der Waals surface area contributed by atoms with Gasteiger partial charge in [0.15, 0.2) is 0 Å². The van der Waals surface area contributed by atoms with Gasteiger partial charge in [0.05, 0.1) is 7.11 Å². The summed E-state index contributed by atoms with van der Waals surface area (Å²) < 4.78 is 7.30. The molecule has 25 heavy (non-hydrogen) atoms. The SMILES string of the molecule is CCCn1cc(CCNC(=O)c2ccc(OC)cc2)c2cccnc21. The summed E-state index contributed by atoms with van der Waals surface area (Å²) in [5.74, 6) is 0.672. The van der Waals surface area contributed by atoms with Crippen molar-refractivity contribution in [2.45, 2.75) is 26.3 Å². The van der Waals surface area contributed by atoms with Gasteiger partial charge in [-0.3, -0.25) is 4.79 Å². The lowest BCUT2D eigenvalue weighted by atomic mass is 10.1. The highest BCUT2D eigenvalue weighted by Crippen LogP contribution is 2.20. The van der Waals surface area contributed by atoms with Crippen LogP contribution < -0.4 is 10.1 Å². The number of amides is 1. The molecule has 0 atom stereocenters. The van der Waals surface area contributed by atoms with E-state index >= 15 is 0 Å². The van der Waals surface area contributed by atoms with Crippen LogP contribution in [0.1, 0.15) is 29.3 Å². The fourth-order valence-electron chi connectivity index (χ4n) is 2.96. The first kappa shape index (κ1) is 17.0. The maximum absolute atomic E-state index is 12.2. The number of hydrogen-bond acceptors (Lipinski definition) is 3. The van der Waals surface area contributed by atoms with Gasteiger partial charge in [-0.15, -0.1) is 0 Å². The lowest BCUT2D eigenvalue weighted by molar-refractivity contribution is 0.0954. The lowest BCUT2D eigenvalue weighted by Gasteiger charge is -2.06. The molecule has 0 bridgehead atoms. The number of carbonyl (C=O) groups excluding carboxylic acids is 1. The minimum absolute atomic E-state index is 0.0712. The van der Waals surface area contributed by atoms with Crippen molar-refractivity contribution in [1.29, 1.82) is 0 Å². The summed E-state index contributed by atoms with van der Waals surface area (Å²) in [6, 6.07) is 11.2. The number of ether oxygens (including phenoxy) is 1. The second-order valence-electron chi connectivity index (χ2n) is 5.96. The third-order valence-electron chi connectivity index (χ3n) is 4.21. The molecule has 0 unspecified atom stereocenters. The number of hydrogen-bond donors (Lipinski definition) is 1. The summed E-state index contributed by atoms with van der Waals surface area (Å²) in [6.07, 6.45) is 5.82. The van der Waals surface area contributed by atoms with E-state index in [1.165, 1.54) is 5.56 Å². The van der Waals surface area contributed by atoms with Gasteiger partial charge < -0.3 is 14.6 Å². The van der Waals surface area contributed by atoms with Gasteiger partial charge in [-0.1, -0.05) is 6.92 Å². The van der Waals surface area contributed by atoms with Gasteiger partial charge in [0, 0.05) is 36.4 Å². The first-order valence-electron chi connectivity index (χ1n) is 8.58. The minimum Gasteiger partial charge on any atom is -0.497 e. The van der Waals surface area contributed by atoms with E-state index in [9.17, 15) is 4.79 Å². The van der Waals surface area contributed by atoms with Crippen molar-refractivity contribution in [1.82, 2.24) is 14.9 Å². The fraction of sp³-hybridized carbons (Fsp3) is 0.300. The van der Waals surface area contributed by atoms with Crippen LogP contribution in [0.15, 0.2) is 48.8 Å². The normalized spacial score (nSPS) is 10.8. The summed E-state index contributed by atoms with van der Waals surface area (Å²) in [5, 5.41) is 4.14. The number of nitrogens with zero attached hydrogens (tertiary/aromatic N) is 2. The quantitative estimate of drug-likeness (QED) is 0.719. The van der Waals surface area contributed by atoms with Crippen LogP contribution in [0.4, 0.5) is 0 Å². The molecule has 1 amide bonds. The number of nitrogens with one attached hydrogen (secondary N) is 1. The second-order valence-corrected chi connectivity index (χ2v) is 5.96. The Hall–Kier alpha value is -2.82. The Bertz CT molecular complexity index is 853. The van der Waals surface area contributed by atoms with Gasteiger partial charge >= 0.3 is 0 Å². The Balaban J connectivity index is 1.65. The fourth-order valence-corrected chi connectivity index (χ4v) is 2.96. The van der Waals surface area contributed by atoms with Crippen LogP contribution in [0.5, 0.6) is 5.75 Å². The number of methoxy groups -OCH3 is 1. The van der Waals surface area contributed by atoms with Crippen LogP contribution in [0.2, 0.25) is 0 Å². The standard InChI is InChI=1S/C20H23N3O2/c1-3-13-23-14-16(18-5-4-11-21-19(18)23)10-12-22-20(24)15-6-8-17(25-2)9-7-15/h4-9,11,14H,3,10,12-13H2,1-2H3,(H,22,24). The maximum Gasteiger partial charge on any atom is 0.251 e. The Kier molecular flexibility index (Phi) is 5.33. The van der Waals surface area contributed by atoms with Gasteiger partial charge in [-0.25, -0.2) is 4.98 Å². The molecule has 2 heterocycles. The summed E-state index contributed by atoms with van der Waals surface area (Å²) >= 11 is 0. The first-order valence-corrected chi connectivity index (χ1v) is 8.58. The summed E-state index contributed by atoms with van der Waals surface area (Å²) in [5.41, 5.74) is 2.86. The first-order chi connectivity index (χ1) is 12.2. The number of aryl methyl sites for hydroxylation is 1. The molecule has 1 aromatic carbocycles. The third kappa shape index (κ3) is 3.82. The van der Waals surface area contributed by atoms with Crippen molar-refractivity contribution in [3.8, 4) is 5.75 Å². The van der Waals surface area contributed by atoms with Crippen LogP contribution in [0.25, 0.3) is 11.0 Å². The third-order valence-corrected chi connectivity index (χ3v) is 4.21. The largest absolute Gasteiger partial charge is 0.497 e. The number of fused-ring (bicyclic) bond motifs is 1. The molecular formula is C20H23N3O2. The molecule has 0 fully saturated rings. The molecule has 0 aliphatic carbocycles. The molecule has 5 heteroatoms. The highest BCUT2D eigenvalue weighted by Gasteiger charge is 2.10. The van der Waals surface area contributed by atoms with Crippen LogP contribution in [-0.4, -0.2) is 29.1 Å². The van der Waals surface area contributed by atoms with Crippen molar-refractivity contribution >= 4 is 16.9 Å². The Morgan fingerprint density at radius 1 is 1.24 bits per heavy atom. The van der Waals surface area contributed by atoms with Crippen molar-refractivity contribution in [2.75, 3.05) is 13.7 Å². The Morgan fingerprint density at radius 2 is 2.04 bits per heavy atom. The monoisotopic (exact) mass is 337 g/mol. The van der Waals surface area contributed by atoms with E-state index in [4.69, 9.17) is 4.74 Å². The molecule has 0 aliphatic heterocycles. The van der Waals surface area contributed by atoms with Gasteiger partial charge in [-0.2, -0.15) is 0 Å². The number of carbonyl (C=O) groups is 1. The van der Waals surface area contributed by atoms with Gasteiger partial charge in [0.25, 0.3) is 5.91 Å². The summed E-state index contributed by atoms with van der Waals surface area (Å²) in [6.45, 7) is 3.69. The van der Waals surface area contributed by atoms with Crippen LogP contribution in [-0.2, 0) is 13.0 Å². The van der Waals surface area contributed by atoms with E-state index < -0.39 is 0 Å². The Morgan fingerprint density at radius 3 is 2.76 bits per heavy atom. The highest BCUT2D eigenvalue weighted by molar-refractivity contribution is 5.94. The molecule has 3 aromatic rings. The van der Waals surface area contributed by atoms with Crippen molar-refractivity contribution in [3.63, 3.8) is 0 Å². The smallest absolute Gasteiger partial charge is 0.251 e. The predicted octanol–water partition coefficient (Wildman–Crippen LogP) is 3.43. The zero-order valence-electron chi connectivity index (χ0n) is 14.7. The lowest BCUT2D eigenvalue weighted by Crippen LogP contribution is -2.25. The van der Waals surface area contributed by atoms with Gasteiger partial charge in [0.1, 0.15) is 11.4 Å². The number of rotatable bonds is 7. The van der Waals surface area contributed by atoms with Crippen molar-refractivity contribution < 1.29 is 9.53 Å². The molecule has 130 valence electrons. The number of aromatic nitrogens is 2. The Labute approximate surface area is 147 Å². The summed E-state index contributed by atoms with van der Waals surface area (Å²) in [4.78, 5) is 16.7. The van der Waals surface area contributed by atoms with E-state index in [1.54, 1.807) is 31.4 Å². The molecule has 0 spiro atoms. The summed E-state index contributed by atoms with van der Waals surface area (Å²) in [7, 11) is 1.61. The average Bonchev–Trinajstić information content (AvgIpc) is 3.00. The maximum atomic E-state index is 12.2. The van der Waals surface area contributed by atoms with Crippen molar-refractivity contribution in [3.05, 3.63) is 59.9 Å². The van der Waals surface area contributed by atoms with Crippen LogP contribution in [0, 0.1) is 0 Å². The van der Waals surface area contributed by atoms with E-state index in [0.717, 1.165) is 36.2 Å². The highest BCUT2D eigenvalue weighted by atomic mass is 16.5. The minimum atomic E-state index is -0.0712. The van der Waals surface area contributed by atoms with E-state index in [1.807, 2.05) is 12.3 Å². The zero-order valence-corrected chi connectivity index (χ0v) is 14.7. The zero-order chi connectivity index (χ0) is 17.6. The van der Waals surface area contributed by atoms with E-state index in [2.05, 4.69) is 34.1 Å². The molecule has 1 N–H and O–H groups in total. The topological polar surface area (TPSA) is 56.2 Å². The molecular weight excluding hydrogens is 314 g/mol. The van der Waals surface area contributed by atoms with Gasteiger partial charge in [0.2, 0.25) is 0 Å². The van der Waals surface area contributed by atoms with Crippen molar-refractivity contribution in [2.24, 2.45) is 0 Å². The van der Waals surface area contributed by atoms with E-state index in [-0.39, 0.29) is 5.91 Å². The van der Waals surface area contributed by atoms with E-state index in [0.29, 0.717) is 12.1 Å². The second kappa shape index (κ2) is 7.83. The van der Waals surface area contributed by atoms with Gasteiger partial charge in [-0.05, 0) is 54.8 Å². The number of pyridine rings is 1. The molecule has 2 aromatic heterocycles. The molecule has 0 aliphatic rings. The molecule has 0 saturated heterocycles.